The van der Waals surface area contributed by atoms with Crippen molar-refractivity contribution in [3.63, 3.8) is 0 Å². The van der Waals surface area contributed by atoms with Gasteiger partial charge in [-0.15, -0.1) is 5.06 Å². The third-order valence-corrected chi connectivity index (χ3v) is 3.94. The highest BCUT2D eigenvalue weighted by atomic mass is 19.4. The number of carbonyl (C=O) groups is 6. The molecule has 1 fully saturated rings. The Morgan fingerprint density at radius 3 is 1.64 bits per heavy atom. The molecule has 0 aromatic carbocycles. The number of imide groups is 1. The van der Waals surface area contributed by atoms with E-state index in [9.17, 15) is 55.1 Å². The Morgan fingerprint density at radius 2 is 1.24 bits per heavy atom. The smallest absolute Gasteiger partial charge is 0.347 e. The number of halogens is 6. The normalized spacial score (nSPS) is 14.2. The number of hydrogen-bond acceptors (Lipinski definition) is 7. The number of amides is 5. The number of carbonyl (C=O) groups excluding carboxylic acids is 6. The average Bonchev–Trinajstić information content (AvgIpc) is 3.01. The molecule has 0 spiro atoms. The first kappa shape index (κ1) is 27.6. The number of alkyl halides is 6. The molecule has 0 aromatic rings. The first-order chi connectivity index (χ1) is 15.1. The molecule has 186 valence electrons. The first-order valence-electron chi connectivity index (χ1n) is 9.17. The van der Waals surface area contributed by atoms with Gasteiger partial charge in [0.2, 0.25) is 5.91 Å². The Balaban J connectivity index is 2.63. The maximum absolute atomic E-state index is 12.3. The highest BCUT2D eigenvalue weighted by molar-refractivity contribution is 6.01. The minimum absolute atomic E-state index is 0.174. The molecule has 1 saturated heterocycles. The van der Waals surface area contributed by atoms with E-state index in [2.05, 4.69) is 4.84 Å². The second-order valence-corrected chi connectivity index (χ2v) is 6.43. The van der Waals surface area contributed by atoms with Gasteiger partial charge in [0.1, 0.15) is 0 Å². The molecule has 11 nitrogen and oxygen atoms in total. The zero-order valence-electron chi connectivity index (χ0n) is 16.7. The molecule has 5 amide bonds. The van der Waals surface area contributed by atoms with Crippen molar-refractivity contribution in [2.45, 2.75) is 38.0 Å². The fourth-order valence-electron chi connectivity index (χ4n) is 2.34. The van der Waals surface area contributed by atoms with Crippen LogP contribution in [-0.4, -0.2) is 84.0 Å². The van der Waals surface area contributed by atoms with E-state index < -0.39 is 86.9 Å². The summed E-state index contributed by atoms with van der Waals surface area (Å²) in [6.07, 6.45) is -12.1. The lowest BCUT2D eigenvalue weighted by Gasteiger charge is -2.23. The minimum Gasteiger partial charge on any atom is -0.347 e. The number of hydroxylamine groups is 2. The summed E-state index contributed by atoms with van der Waals surface area (Å²) in [6, 6.07) is 0. The Bertz CT molecular complexity index is 751. The van der Waals surface area contributed by atoms with Gasteiger partial charge >= 0.3 is 30.1 Å². The van der Waals surface area contributed by atoms with Crippen LogP contribution in [0, 0.1) is 0 Å². The molecule has 33 heavy (non-hydrogen) atoms. The van der Waals surface area contributed by atoms with E-state index in [4.69, 9.17) is 0 Å². The number of nitrogens with one attached hydrogen (secondary N) is 2. The summed E-state index contributed by atoms with van der Waals surface area (Å²) >= 11 is 0. The van der Waals surface area contributed by atoms with Crippen molar-refractivity contribution in [3.05, 3.63) is 0 Å². The lowest BCUT2D eigenvalue weighted by molar-refractivity contribution is -0.197. The van der Waals surface area contributed by atoms with Crippen LogP contribution in [0.25, 0.3) is 0 Å². The van der Waals surface area contributed by atoms with E-state index in [1.165, 1.54) is 10.6 Å². The Morgan fingerprint density at radius 1 is 0.818 bits per heavy atom. The highest BCUT2D eigenvalue weighted by Gasteiger charge is 2.39. The predicted octanol–water partition coefficient (Wildman–Crippen LogP) is -0.441. The van der Waals surface area contributed by atoms with Gasteiger partial charge in [-0.1, -0.05) is 0 Å². The van der Waals surface area contributed by atoms with Crippen molar-refractivity contribution in [1.29, 1.82) is 0 Å². The van der Waals surface area contributed by atoms with Crippen molar-refractivity contribution >= 4 is 35.5 Å². The predicted molar refractivity (Wildman–Crippen MR) is 91.1 cm³/mol. The number of rotatable bonds is 10. The molecule has 0 atom stereocenters. The molecule has 0 saturated carbocycles. The Hall–Kier alpha value is -3.40. The molecule has 0 radical (unpaired) electrons. The fourth-order valence-corrected chi connectivity index (χ4v) is 2.34. The number of nitrogens with zero attached hydrogens (tertiary/aromatic N) is 2. The SMILES string of the molecule is O=C(CCC(=O)N(CCNC(=O)C(F)(F)F)CCNC(=O)C(F)(F)F)ON1C(=O)CCC1=O. The molecule has 1 aliphatic rings. The molecule has 1 rings (SSSR count). The monoisotopic (exact) mass is 492 g/mol. The summed E-state index contributed by atoms with van der Waals surface area (Å²) in [6.45, 7) is -2.67. The Kier molecular flexibility index (Phi) is 9.60. The van der Waals surface area contributed by atoms with Crippen LogP contribution in [0.1, 0.15) is 25.7 Å². The number of hydrogen-bond donors (Lipinski definition) is 2. The molecule has 2 N–H and O–H groups in total. The van der Waals surface area contributed by atoms with Crippen LogP contribution >= 0.6 is 0 Å². The van der Waals surface area contributed by atoms with E-state index in [1.54, 1.807) is 0 Å². The van der Waals surface area contributed by atoms with Crippen LogP contribution in [0.2, 0.25) is 0 Å². The highest BCUT2D eigenvalue weighted by Crippen LogP contribution is 2.15. The topological polar surface area (TPSA) is 142 Å². The van der Waals surface area contributed by atoms with Crippen LogP contribution in [0.15, 0.2) is 0 Å². The largest absolute Gasteiger partial charge is 0.471 e. The standard InChI is InChI=1S/C16H18F6N4O7/c17-15(18,19)13(31)23-5-7-25(8-6-24-14(32)16(20,21)22)9(27)3-4-12(30)33-26-10(28)1-2-11(26)29/h1-8H2,(H,23,31)(H,24,32). The van der Waals surface area contributed by atoms with Crippen molar-refractivity contribution in [2.75, 3.05) is 26.2 Å². The van der Waals surface area contributed by atoms with Gasteiger partial charge in [0, 0.05) is 45.4 Å². The Labute approximate surface area is 181 Å². The summed E-state index contributed by atoms with van der Waals surface area (Å²) in [5.74, 6) is -8.30. The second kappa shape index (κ2) is 11.5. The molecule has 0 aliphatic carbocycles. The van der Waals surface area contributed by atoms with E-state index in [0.717, 1.165) is 0 Å². The van der Waals surface area contributed by atoms with Gasteiger partial charge in [-0.05, 0) is 0 Å². The van der Waals surface area contributed by atoms with E-state index in [0.29, 0.717) is 4.90 Å². The molecule has 0 unspecified atom stereocenters. The fraction of sp³-hybridized carbons (Fsp3) is 0.625. The summed E-state index contributed by atoms with van der Waals surface area (Å²) in [7, 11) is 0. The second-order valence-electron chi connectivity index (χ2n) is 6.43. The van der Waals surface area contributed by atoms with Crippen molar-refractivity contribution in [2.24, 2.45) is 0 Å². The van der Waals surface area contributed by atoms with Gasteiger partial charge in [-0.25, -0.2) is 4.79 Å². The molecule has 1 heterocycles. The average molecular weight is 492 g/mol. The maximum Gasteiger partial charge on any atom is 0.471 e. The summed E-state index contributed by atoms with van der Waals surface area (Å²) < 4.78 is 73.3. The molecular formula is C16H18F6N4O7. The van der Waals surface area contributed by atoms with Gasteiger partial charge in [0.25, 0.3) is 11.8 Å². The van der Waals surface area contributed by atoms with Crippen molar-refractivity contribution in [1.82, 2.24) is 20.6 Å². The molecule has 17 heteroatoms. The van der Waals surface area contributed by atoms with Gasteiger partial charge in [0.15, 0.2) is 0 Å². The summed E-state index contributed by atoms with van der Waals surface area (Å²) in [5.41, 5.74) is 0. The van der Waals surface area contributed by atoms with Gasteiger partial charge in [0.05, 0.1) is 6.42 Å². The molecular weight excluding hydrogens is 474 g/mol. The third-order valence-electron chi connectivity index (χ3n) is 3.94. The van der Waals surface area contributed by atoms with Crippen molar-refractivity contribution < 1.29 is 59.9 Å². The lowest BCUT2D eigenvalue weighted by Crippen LogP contribution is -2.46. The quantitative estimate of drug-likeness (QED) is 0.311. The zero-order chi connectivity index (χ0) is 25.4. The van der Waals surface area contributed by atoms with Crippen LogP contribution in [0.5, 0.6) is 0 Å². The van der Waals surface area contributed by atoms with E-state index in [1.807, 2.05) is 0 Å². The van der Waals surface area contributed by atoms with Crippen molar-refractivity contribution in [3.8, 4) is 0 Å². The van der Waals surface area contributed by atoms with Gasteiger partial charge in [-0.2, -0.15) is 26.3 Å². The summed E-state index contributed by atoms with van der Waals surface area (Å²) in [4.78, 5) is 73.6. The van der Waals surface area contributed by atoms with Crippen LogP contribution < -0.4 is 10.6 Å². The van der Waals surface area contributed by atoms with Gasteiger partial charge < -0.3 is 20.4 Å². The molecule has 1 aliphatic heterocycles. The van der Waals surface area contributed by atoms with Gasteiger partial charge in [-0.3, -0.25) is 24.0 Å². The van der Waals surface area contributed by atoms with E-state index in [-0.39, 0.29) is 17.9 Å². The summed E-state index contributed by atoms with van der Waals surface area (Å²) in [5, 5.41) is 3.14. The third kappa shape index (κ3) is 9.32. The van der Waals surface area contributed by atoms with Crippen LogP contribution in [-0.2, 0) is 33.6 Å². The molecule has 0 bridgehead atoms. The van der Waals surface area contributed by atoms with Crippen LogP contribution in [0.3, 0.4) is 0 Å². The molecule has 0 aromatic heterocycles. The maximum atomic E-state index is 12.3. The van der Waals surface area contributed by atoms with E-state index >= 15 is 0 Å². The first-order valence-corrected chi connectivity index (χ1v) is 9.17. The minimum atomic E-state index is -5.20. The van der Waals surface area contributed by atoms with Crippen LogP contribution in [0.4, 0.5) is 26.3 Å². The zero-order valence-corrected chi connectivity index (χ0v) is 16.7. The lowest BCUT2D eigenvalue weighted by atomic mass is 10.2.